The normalized spacial score (nSPS) is 18.2. The summed E-state index contributed by atoms with van der Waals surface area (Å²) in [6, 6.07) is 11.3. The summed E-state index contributed by atoms with van der Waals surface area (Å²) < 4.78 is 13.7. The Balaban J connectivity index is 1.72. The number of anilines is 1. The molecular weight excluding hydrogens is 389 g/mol. The third-order valence-electron chi connectivity index (χ3n) is 4.11. The molecule has 5 nitrogen and oxygen atoms in total. The molecule has 0 aromatic heterocycles. The molecule has 1 fully saturated rings. The van der Waals surface area contributed by atoms with E-state index in [1.54, 1.807) is 25.2 Å². The molecule has 3 rings (SSSR count). The van der Waals surface area contributed by atoms with E-state index in [0.717, 1.165) is 5.56 Å². The van der Waals surface area contributed by atoms with Crippen LogP contribution in [0.15, 0.2) is 47.5 Å². The molecular formula is C19H17ClFN3O2S. The predicted molar refractivity (Wildman–Crippen MR) is 107 cm³/mol. The SMILES string of the molecule is Cc1c(Cl)cccc1N=C1SC(CC(=O)Nc2ccccc2F)C(=O)N1C. The van der Waals surface area contributed by atoms with Gasteiger partial charge < -0.3 is 5.32 Å². The maximum atomic E-state index is 13.7. The second-order valence-electron chi connectivity index (χ2n) is 6.01. The summed E-state index contributed by atoms with van der Waals surface area (Å²) in [6.07, 6.45) is -0.0737. The van der Waals surface area contributed by atoms with Crippen LogP contribution >= 0.6 is 23.4 Å². The molecule has 1 N–H and O–H groups in total. The maximum Gasteiger partial charge on any atom is 0.242 e. The Labute approximate surface area is 165 Å². The fourth-order valence-corrected chi connectivity index (χ4v) is 3.87. The number of carbonyl (C=O) groups excluding carboxylic acids is 2. The number of nitrogens with one attached hydrogen (secondary N) is 1. The van der Waals surface area contributed by atoms with Crippen LogP contribution in [0.1, 0.15) is 12.0 Å². The van der Waals surface area contributed by atoms with Gasteiger partial charge in [-0.15, -0.1) is 0 Å². The third-order valence-corrected chi connectivity index (χ3v) is 5.75. The van der Waals surface area contributed by atoms with E-state index in [4.69, 9.17) is 11.6 Å². The molecule has 0 bridgehead atoms. The van der Waals surface area contributed by atoms with Crippen LogP contribution in [0.5, 0.6) is 0 Å². The van der Waals surface area contributed by atoms with Gasteiger partial charge in [0.05, 0.1) is 11.4 Å². The quantitative estimate of drug-likeness (QED) is 0.821. The van der Waals surface area contributed by atoms with Gasteiger partial charge in [-0.25, -0.2) is 9.38 Å². The molecule has 0 radical (unpaired) electrons. The minimum absolute atomic E-state index is 0.0737. The average molecular weight is 406 g/mol. The van der Waals surface area contributed by atoms with Gasteiger partial charge in [-0.3, -0.25) is 14.5 Å². The number of amides is 2. The molecule has 2 aromatic carbocycles. The first-order valence-corrected chi connectivity index (χ1v) is 9.45. The van der Waals surface area contributed by atoms with Crippen LogP contribution in [0.4, 0.5) is 15.8 Å². The van der Waals surface area contributed by atoms with Gasteiger partial charge in [0.25, 0.3) is 0 Å². The first kappa shape index (κ1) is 19.4. The number of benzene rings is 2. The van der Waals surface area contributed by atoms with Crippen molar-refractivity contribution >= 4 is 51.7 Å². The molecule has 27 heavy (non-hydrogen) atoms. The van der Waals surface area contributed by atoms with Crippen LogP contribution in [0, 0.1) is 12.7 Å². The van der Waals surface area contributed by atoms with Crippen molar-refractivity contribution < 1.29 is 14.0 Å². The van der Waals surface area contributed by atoms with Crippen LogP contribution < -0.4 is 5.32 Å². The number of rotatable bonds is 4. The molecule has 1 unspecified atom stereocenters. The number of thioether (sulfide) groups is 1. The number of hydrogen-bond donors (Lipinski definition) is 1. The van der Waals surface area contributed by atoms with Gasteiger partial charge in [0.15, 0.2) is 5.17 Å². The molecule has 1 saturated heterocycles. The molecule has 0 saturated carbocycles. The van der Waals surface area contributed by atoms with Crippen LogP contribution in [0.2, 0.25) is 5.02 Å². The fraction of sp³-hybridized carbons (Fsp3) is 0.211. The molecule has 1 aliphatic rings. The number of nitrogens with zero attached hydrogens (tertiary/aromatic N) is 2. The van der Waals surface area contributed by atoms with Crippen molar-refractivity contribution in [3.63, 3.8) is 0 Å². The van der Waals surface area contributed by atoms with E-state index in [1.807, 2.05) is 13.0 Å². The van der Waals surface area contributed by atoms with Gasteiger partial charge in [-0.2, -0.15) is 0 Å². The molecule has 1 atom stereocenters. The molecule has 2 aromatic rings. The van der Waals surface area contributed by atoms with Gasteiger partial charge in [-0.05, 0) is 36.8 Å². The van der Waals surface area contributed by atoms with Crippen molar-refractivity contribution in [3.05, 3.63) is 58.9 Å². The Hall–Kier alpha value is -2.38. The Morgan fingerprint density at radius 1 is 1.30 bits per heavy atom. The maximum absolute atomic E-state index is 13.7. The molecule has 1 heterocycles. The van der Waals surface area contributed by atoms with E-state index in [-0.39, 0.29) is 18.0 Å². The number of hydrogen-bond acceptors (Lipinski definition) is 4. The topological polar surface area (TPSA) is 61.8 Å². The van der Waals surface area contributed by atoms with Crippen molar-refractivity contribution in [1.29, 1.82) is 0 Å². The van der Waals surface area contributed by atoms with Crippen molar-refractivity contribution in [1.82, 2.24) is 4.90 Å². The molecule has 0 spiro atoms. The van der Waals surface area contributed by atoms with Crippen molar-refractivity contribution in [2.45, 2.75) is 18.6 Å². The monoisotopic (exact) mass is 405 g/mol. The van der Waals surface area contributed by atoms with E-state index >= 15 is 0 Å². The first-order chi connectivity index (χ1) is 12.9. The summed E-state index contributed by atoms with van der Waals surface area (Å²) in [5.74, 6) is -1.17. The highest BCUT2D eigenvalue weighted by molar-refractivity contribution is 8.15. The van der Waals surface area contributed by atoms with E-state index in [9.17, 15) is 14.0 Å². The van der Waals surface area contributed by atoms with E-state index < -0.39 is 17.0 Å². The Bertz CT molecular complexity index is 935. The first-order valence-electron chi connectivity index (χ1n) is 8.19. The lowest BCUT2D eigenvalue weighted by Gasteiger charge is -2.10. The minimum atomic E-state index is -0.611. The van der Waals surface area contributed by atoms with Gasteiger partial charge in [0.1, 0.15) is 11.1 Å². The number of halogens is 2. The largest absolute Gasteiger partial charge is 0.324 e. The zero-order valence-corrected chi connectivity index (χ0v) is 16.3. The number of carbonyl (C=O) groups is 2. The second-order valence-corrected chi connectivity index (χ2v) is 7.59. The summed E-state index contributed by atoms with van der Waals surface area (Å²) in [5.41, 5.74) is 1.57. The van der Waals surface area contributed by atoms with Crippen molar-refractivity contribution in [2.24, 2.45) is 4.99 Å². The molecule has 0 aliphatic carbocycles. The number of para-hydroxylation sites is 1. The molecule has 1 aliphatic heterocycles. The fourth-order valence-electron chi connectivity index (χ4n) is 2.55. The highest BCUT2D eigenvalue weighted by atomic mass is 35.5. The highest BCUT2D eigenvalue weighted by Crippen LogP contribution is 2.33. The second kappa shape index (κ2) is 8.10. The summed E-state index contributed by atoms with van der Waals surface area (Å²) in [5, 5.41) is 2.97. The van der Waals surface area contributed by atoms with Gasteiger partial charge >= 0.3 is 0 Å². The number of aliphatic imine (C=N–C) groups is 1. The Morgan fingerprint density at radius 2 is 2.04 bits per heavy atom. The Morgan fingerprint density at radius 3 is 2.78 bits per heavy atom. The van der Waals surface area contributed by atoms with Gasteiger partial charge in [0.2, 0.25) is 11.8 Å². The zero-order valence-electron chi connectivity index (χ0n) is 14.7. The highest BCUT2D eigenvalue weighted by Gasteiger charge is 2.37. The lowest BCUT2D eigenvalue weighted by molar-refractivity contribution is -0.127. The van der Waals surface area contributed by atoms with Crippen LogP contribution in [0.3, 0.4) is 0 Å². The zero-order chi connectivity index (χ0) is 19.6. The lowest BCUT2D eigenvalue weighted by atomic mass is 10.2. The summed E-state index contributed by atoms with van der Waals surface area (Å²) in [4.78, 5) is 30.6. The van der Waals surface area contributed by atoms with Gasteiger partial charge in [-0.1, -0.05) is 41.6 Å². The lowest BCUT2D eigenvalue weighted by Crippen LogP contribution is -2.30. The van der Waals surface area contributed by atoms with E-state index in [0.29, 0.717) is 15.9 Å². The summed E-state index contributed by atoms with van der Waals surface area (Å²) in [7, 11) is 1.61. The number of amidine groups is 1. The van der Waals surface area contributed by atoms with Gasteiger partial charge in [0, 0.05) is 18.5 Å². The molecule has 8 heteroatoms. The summed E-state index contributed by atoms with van der Waals surface area (Å²) >= 11 is 7.32. The van der Waals surface area contributed by atoms with E-state index in [2.05, 4.69) is 10.3 Å². The summed E-state index contributed by atoms with van der Waals surface area (Å²) in [6.45, 7) is 1.85. The smallest absolute Gasteiger partial charge is 0.242 e. The van der Waals surface area contributed by atoms with Crippen molar-refractivity contribution in [2.75, 3.05) is 12.4 Å². The van der Waals surface area contributed by atoms with Crippen LogP contribution in [0.25, 0.3) is 0 Å². The van der Waals surface area contributed by atoms with E-state index in [1.165, 1.54) is 34.9 Å². The van der Waals surface area contributed by atoms with Crippen LogP contribution in [-0.4, -0.2) is 34.2 Å². The molecule has 140 valence electrons. The third kappa shape index (κ3) is 4.31. The minimum Gasteiger partial charge on any atom is -0.324 e. The molecule has 2 amide bonds. The average Bonchev–Trinajstić information content (AvgIpc) is 2.89. The Kier molecular flexibility index (Phi) is 5.82. The van der Waals surface area contributed by atoms with Crippen LogP contribution in [-0.2, 0) is 9.59 Å². The van der Waals surface area contributed by atoms with Crippen molar-refractivity contribution in [3.8, 4) is 0 Å². The standard InChI is InChI=1S/C19H17ClFN3O2S/c1-11-12(20)6-5-9-14(11)23-19-24(2)18(26)16(27-19)10-17(25)22-15-8-4-3-7-13(15)21/h3-9,16H,10H2,1-2H3,(H,22,25). The predicted octanol–water partition coefficient (Wildman–Crippen LogP) is 4.38.